The predicted octanol–water partition coefficient (Wildman–Crippen LogP) is 4.15. The van der Waals surface area contributed by atoms with Crippen molar-refractivity contribution in [3.8, 4) is 5.75 Å². The van der Waals surface area contributed by atoms with Gasteiger partial charge in [-0.3, -0.25) is 0 Å². The molecule has 0 saturated heterocycles. The van der Waals surface area contributed by atoms with Crippen LogP contribution in [0.15, 0.2) is 72.9 Å². The lowest BCUT2D eigenvalue weighted by molar-refractivity contribution is 0.306. The molecule has 1 atom stereocenters. The lowest BCUT2D eigenvalue weighted by Crippen LogP contribution is -2.22. The zero-order valence-electron chi connectivity index (χ0n) is 13.7. The molecule has 1 aliphatic heterocycles. The van der Waals surface area contributed by atoms with Crippen molar-refractivity contribution in [3.05, 3.63) is 89.7 Å². The van der Waals surface area contributed by atoms with Gasteiger partial charge in [-0.2, -0.15) is 0 Å². The first kappa shape index (κ1) is 15.0. The van der Waals surface area contributed by atoms with Crippen LogP contribution < -0.4 is 10.1 Å². The number of rotatable bonds is 4. The van der Waals surface area contributed by atoms with Gasteiger partial charge in [0.05, 0.1) is 6.04 Å². The van der Waals surface area contributed by atoms with Gasteiger partial charge in [-0.05, 0) is 48.4 Å². The zero-order valence-corrected chi connectivity index (χ0v) is 13.7. The maximum Gasteiger partial charge on any atom is 0.119 e. The maximum absolute atomic E-state index is 5.89. The molecule has 24 heavy (non-hydrogen) atoms. The van der Waals surface area contributed by atoms with E-state index in [0.717, 1.165) is 25.3 Å². The molecule has 3 aromatic rings. The molecule has 122 valence electrons. The predicted molar refractivity (Wildman–Crippen MR) is 96.1 cm³/mol. The number of fused-ring (bicyclic) bond motifs is 1. The van der Waals surface area contributed by atoms with E-state index in [1.54, 1.807) is 0 Å². The molecule has 1 N–H and O–H groups in total. The largest absolute Gasteiger partial charge is 0.489 e. The van der Waals surface area contributed by atoms with Gasteiger partial charge in [0.25, 0.3) is 0 Å². The molecule has 3 heteroatoms. The van der Waals surface area contributed by atoms with Gasteiger partial charge in [-0.1, -0.05) is 42.5 Å². The third-order valence-electron chi connectivity index (χ3n) is 4.55. The summed E-state index contributed by atoms with van der Waals surface area (Å²) in [7, 11) is 0. The molecule has 0 bridgehead atoms. The normalized spacial score (nSPS) is 17.1. The maximum atomic E-state index is 5.89. The van der Waals surface area contributed by atoms with Crippen molar-refractivity contribution in [2.75, 3.05) is 6.54 Å². The Balaban J connectivity index is 1.48. The lowest BCUT2D eigenvalue weighted by Gasteiger charge is -2.18. The van der Waals surface area contributed by atoms with Crippen molar-refractivity contribution >= 4 is 0 Å². The third-order valence-corrected chi connectivity index (χ3v) is 4.55. The quantitative estimate of drug-likeness (QED) is 0.782. The van der Waals surface area contributed by atoms with Crippen LogP contribution in [0.2, 0.25) is 0 Å². The number of ether oxygens (including phenoxy) is 1. The Morgan fingerprint density at radius 3 is 2.62 bits per heavy atom. The zero-order chi connectivity index (χ0) is 16.2. The minimum Gasteiger partial charge on any atom is -0.489 e. The molecule has 4 rings (SSSR count). The van der Waals surface area contributed by atoms with Crippen LogP contribution in [0.5, 0.6) is 5.75 Å². The van der Waals surface area contributed by atoms with Crippen LogP contribution in [-0.4, -0.2) is 11.1 Å². The SMILES string of the molecule is c1ccc(COc2ccc(C3NCCCn4cccc43)cc2)cc1. The molecular formula is C21H22N2O. The Morgan fingerprint density at radius 2 is 1.79 bits per heavy atom. The van der Waals surface area contributed by atoms with E-state index < -0.39 is 0 Å². The number of aryl methyl sites for hydroxylation is 1. The molecule has 0 amide bonds. The van der Waals surface area contributed by atoms with Crippen molar-refractivity contribution in [1.29, 1.82) is 0 Å². The summed E-state index contributed by atoms with van der Waals surface area (Å²) < 4.78 is 8.24. The fourth-order valence-electron chi connectivity index (χ4n) is 3.28. The summed E-state index contributed by atoms with van der Waals surface area (Å²) in [5.74, 6) is 0.909. The Labute approximate surface area is 142 Å². The summed E-state index contributed by atoms with van der Waals surface area (Å²) in [6.07, 6.45) is 3.34. The summed E-state index contributed by atoms with van der Waals surface area (Å²) >= 11 is 0. The lowest BCUT2D eigenvalue weighted by atomic mass is 10.0. The summed E-state index contributed by atoms with van der Waals surface area (Å²) in [5, 5.41) is 3.66. The fraction of sp³-hybridized carbons (Fsp3) is 0.238. The summed E-state index contributed by atoms with van der Waals surface area (Å²) in [6.45, 7) is 2.73. The summed E-state index contributed by atoms with van der Waals surface area (Å²) in [4.78, 5) is 0. The van der Waals surface area contributed by atoms with Crippen molar-refractivity contribution in [3.63, 3.8) is 0 Å². The number of benzene rings is 2. The van der Waals surface area contributed by atoms with Gasteiger partial charge in [0.1, 0.15) is 12.4 Å². The van der Waals surface area contributed by atoms with E-state index in [9.17, 15) is 0 Å². The van der Waals surface area contributed by atoms with Gasteiger partial charge in [-0.25, -0.2) is 0 Å². The molecule has 2 aromatic carbocycles. The number of nitrogens with zero attached hydrogens (tertiary/aromatic N) is 1. The molecule has 0 fully saturated rings. The molecule has 1 unspecified atom stereocenters. The highest BCUT2D eigenvalue weighted by Gasteiger charge is 2.19. The van der Waals surface area contributed by atoms with E-state index in [2.05, 4.69) is 64.6 Å². The number of hydrogen-bond acceptors (Lipinski definition) is 2. The van der Waals surface area contributed by atoms with Crippen molar-refractivity contribution in [1.82, 2.24) is 9.88 Å². The highest BCUT2D eigenvalue weighted by atomic mass is 16.5. The standard InChI is InChI=1S/C21H22N2O/c1-2-6-17(7-3-1)16-24-19-11-9-18(10-12-19)21-20-8-4-14-23(20)15-5-13-22-21/h1-4,6-12,14,21-22H,5,13,15-16H2. The molecule has 2 heterocycles. The Bertz CT molecular complexity index is 777. The van der Waals surface area contributed by atoms with Gasteiger partial charge in [-0.15, -0.1) is 0 Å². The summed E-state index contributed by atoms with van der Waals surface area (Å²) in [5.41, 5.74) is 3.80. The van der Waals surface area contributed by atoms with Crippen LogP contribution >= 0.6 is 0 Å². The van der Waals surface area contributed by atoms with E-state index in [4.69, 9.17) is 4.74 Å². The smallest absolute Gasteiger partial charge is 0.119 e. The molecule has 0 aliphatic carbocycles. The van der Waals surface area contributed by atoms with E-state index in [-0.39, 0.29) is 6.04 Å². The average Bonchev–Trinajstić information content (AvgIpc) is 3.01. The topological polar surface area (TPSA) is 26.2 Å². The summed E-state index contributed by atoms with van der Waals surface area (Å²) in [6, 6.07) is 23.3. The van der Waals surface area contributed by atoms with E-state index >= 15 is 0 Å². The van der Waals surface area contributed by atoms with Gasteiger partial charge < -0.3 is 14.6 Å². The molecule has 0 spiro atoms. The third kappa shape index (κ3) is 3.22. The minimum atomic E-state index is 0.255. The molecule has 0 radical (unpaired) electrons. The van der Waals surface area contributed by atoms with Crippen LogP contribution in [0.3, 0.4) is 0 Å². The highest BCUT2D eigenvalue weighted by molar-refractivity contribution is 5.34. The average molecular weight is 318 g/mol. The van der Waals surface area contributed by atoms with E-state index in [0.29, 0.717) is 6.61 Å². The van der Waals surface area contributed by atoms with Crippen LogP contribution in [0.1, 0.15) is 29.3 Å². The van der Waals surface area contributed by atoms with Crippen LogP contribution in [-0.2, 0) is 13.2 Å². The molecular weight excluding hydrogens is 296 g/mol. The second-order valence-corrected chi connectivity index (χ2v) is 6.21. The van der Waals surface area contributed by atoms with Crippen LogP contribution in [0.4, 0.5) is 0 Å². The van der Waals surface area contributed by atoms with Crippen LogP contribution in [0, 0.1) is 0 Å². The fourth-order valence-corrected chi connectivity index (χ4v) is 3.28. The molecule has 0 saturated carbocycles. The Morgan fingerprint density at radius 1 is 0.958 bits per heavy atom. The van der Waals surface area contributed by atoms with Gasteiger partial charge in [0, 0.05) is 18.4 Å². The van der Waals surface area contributed by atoms with Crippen molar-refractivity contribution in [2.45, 2.75) is 25.6 Å². The van der Waals surface area contributed by atoms with Gasteiger partial charge >= 0.3 is 0 Å². The Hall–Kier alpha value is -2.52. The minimum absolute atomic E-state index is 0.255. The first-order chi connectivity index (χ1) is 11.9. The molecule has 1 aromatic heterocycles. The molecule has 3 nitrogen and oxygen atoms in total. The number of aromatic nitrogens is 1. The second kappa shape index (κ2) is 6.93. The van der Waals surface area contributed by atoms with Gasteiger partial charge in [0.2, 0.25) is 0 Å². The highest BCUT2D eigenvalue weighted by Crippen LogP contribution is 2.26. The van der Waals surface area contributed by atoms with Gasteiger partial charge in [0.15, 0.2) is 0 Å². The van der Waals surface area contributed by atoms with Crippen LogP contribution in [0.25, 0.3) is 0 Å². The molecule has 1 aliphatic rings. The number of nitrogens with one attached hydrogen (secondary N) is 1. The monoisotopic (exact) mass is 318 g/mol. The van der Waals surface area contributed by atoms with Crippen molar-refractivity contribution < 1.29 is 4.74 Å². The second-order valence-electron chi connectivity index (χ2n) is 6.21. The first-order valence-corrected chi connectivity index (χ1v) is 8.55. The van der Waals surface area contributed by atoms with E-state index in [1.165, 1.54) is 16.8 Å². The Kier molecular flexibility index (Phi) is 4.34. The van der Waals surface area contributed by atoms with Crippen molar-refractivity contribution in [2.24, 2.45) is 0 Å². The number of hydrogen-bond donors (Lipinski definition) is 1. The van der Waals surface area contributed by atoms with E-state index in [1.807, 2.05) is 18.2 Å². The first-order valence-electron chi connectivity index (χ1n) is 8.55.